The second kappa shape index (κ2) is 11.7. The quantitative estimate of drug-likeness (QED) is 0.335. The minimum Gasteiger partial charge on any atom is -0.357 e. The Labute approximate surface area is 192 Å². The van der Waals surface area contributed by atoms with Crippen LogP contribution in [-0.2, 0) is 4.79 Å². The van der Waals surface area contributed by atoms with Gasteiger partial charge in [0.1, 0.15) is 0 Å². The van der Waals surface area contributed by atoms with Gasteiger partial charge in [-0.25, -0.2) is 0 Å². The Balaban J connectivity index is 0.00000300. The van der Waals surface area contributed by atoms with Crippen LogP contribution >= 0.6 is 24.0 Å². The summed E-state index contributed by atoms with van der Waals surface area (Å²) in [6, 6.07) is 9.13. The van der Waals surface area contributed by atoms with Gasteiger partial charge in [-0.3, -0.25) is 14.7 Å². The molecule has 1 saturated heterocycles. The average molecular weight is 513 g/mol. The Kier molecular flexibility index (Phi) is 9.68. The molecule has 1 saturated carbocycles. The summed E-state index contributed by atoms with van der Waals surface area (Å²) in [4.78, 5) is 21.5. The molecule has 1 unspecified atom stereocenters. The van der Waals surface area contributed by atoms with Crippen LogP contribution in [0.5, 0.6) is 0 Å². The zero-order valence-corrected chi connectivity index (χ0v) is 20.3. The maximum Gasteiger partial charge on any atom is 0.234 e. The number of halogens is 1. The van der Waals surface area contributed by atoms with E-state index in [9.17, 15) is 4.79 Å². The van der Waals surface area contributed by atoms with Crippen molar-refractivity contribution in [2.75, 3.05) is 45.8 Å². The number of piperazine rings is 1. The lowest BCUT2D eigenvalue weighted by Crippen LogP contribution is -2.54. The predicted molar refractivity (Wildman–Crippen MR) is 130 cm³/mol. The molecule has 0 spiro atoms. The SMILES string of the molecule is CCNC(=NCC(C)c1cccc(C)c1)N1CCN(CC(=O)NC2CC2)CC1.I. The molecule has 1 aromatic rings. The van der Waals surface area contributed by atoms with Crippen molar-refractivity contribution in [1.29, 1.82) is 0 Å². The summed E-state index contributed by atoms with van der Waals surface area (Å²) in [5.74, 6) is 1.55. The molecule has 0 aromatic heterocycles. The summed E-state index contributed by atoms with van der Waals surface area (Å²) in [6.07, 6.45) is 2.28. The molecular weight excluding hydrogens is 477 g/mol. The lowest BCUT2D eigenvalue weighted by molar-refractivity contribution is -0.122. The molecule has 6 nitrogen and oxygen atoms in total. The third-order valence-corrected chi connectivity index (χ3v) is 5.44. The molecular formula is C22H36IN5O. The fourth-order valence-corrected chi connectivity index (χ4v) is 3.55. The van der Waals surface area contributed by atoms with Crippen molar-refractivity contribution in [3.8, 4) is 0 Å². The van der Waals surface area contributed by atoms with Crippen LogP contribution in [0.1, 0.15) is 43.7 Å². The summed E-state index contributed by atoms with van der Waals surface area (Å²) in [5.41, 5.74) is 2.63. The summed E-state index contributed by atoms with van der Waals surface area (Å²) >= 11 is 0. The molecule has 1 atom stereocenters. The van der Waals surface area contributed by atoms with Crippen LogP contribution in [0.2, 0.25) is 0 Å². The van der Waals surface area contributed by atoms with Crippen molar-refractivity contribution >= 4 is 35.8 Å². The van der Waals surface area contributed by atoms with E-state index in [1.807, 2.05) is 0 Å². The summed E-state index contributed by atoms with van der Waals surface area (Å²) in [7, 11) is 0. The Bertz CT molecular complexity index is 684. The lowest BCUT2D eigenvalue weighted by atomic mass is 10.00. The van der Waals surface area contributed by atoms with Gasteiger partial charge >= 0.3 is 0 Å². The number of hydrogen-bond acceptors (Lipinski definition) is 3. The number of aryl methyl sites for hydroxylation is 1. The molecule has 1 heterocycles. The zero-order valence-electron chi connectivity index (χ0n) is 18.0. The summed E-state index contributed by atoms with van der Waals surface area (Å²) in [6.45, 7) is 12.2. The van der Waals surface area contributed by atoms with Gasteiger partial charge in [-0.15, -0.1) is 24.0 Å². The normalized spacial score (nSPS) is 18.7. The monoisotopic (exact) mass is 513 g/mol. The van der Waals surface area contributed by atoms with Gasteiger partial charge in [-0.05, 0) is 32.3 Å². The molecule has 0 bridgehead atoms. The number of nitrogens with one attached hydrogen (secondary N) is 2. The Morgan fingerprint density at radius 3 is 2.59 bits per heavy atom. The van der Waals surface area contributed by atoms with Crippen molar-refractivity contribution in [3.05, 3.63) is 35.4 Å². The second-order valence-corrected chi connectivity index (χ2v) is 8.11. The molecule has 29 heavy (non-hydrogen) atoms. The maximum atomic E-state index is 12.0. The highest BCUT2D eigenvalue weighted by molar-refractivity contribution is 14.0. The van der Waals surface area contributed by atoms with E-state index in [1.165, 1.54) is 11.1 Å². The van der Waals surface area contributed by atoms with E-state index in [4.69, 9.17) is 4.99 Å². The van der Waals surface area contributed by atoms with Crippen molar-refractivity contribution < 1.29 is 4.79 Å². The molecule has 1 aromatic carbocycles. The number of rotatable bonds is 7. The highest BCUT2D eigenvalue weighted by Gasteiger charge is 2.26. The van der Waals surface area contributed by atoms with Crippen molar-refractivity contribution in [3.63, 3.8) is 0 Å². The number of guanidine groups is 1. The molecule has 2 fully saturated rings. The van der Waals surface area contributed by atoms with E-state index in [2.05, 4.69) is 65.5 Å². The topological polar surface area (TPSA) is 60.0 Å². The Morgan fingerprint density at radius 1 is 1.24 bits per heavy atom. The zero-order chi connectivity index (χ0) is 19.9. The van der Waals surface area contributed by atoms with Crippen LogP contribution in [0.15, 0.2) is 29.3 Å². The van der Waals surface area contributed by atoms with Crippen molar-refractivity contribution in [2.24, 2.45) is 4.99 Å². The minimum atomic E-state index is 0. The number of hydrogen-bond donors (Lipinski definition) is 2. The fraction of sp³-hybridized carbons (Fsp3) is 0.636. The van der Waals surface area contributed by atoms with E-state index in [1.54, 1.807) is 0 Å². The Morgan fingerprint density at radius 2 is 1.97 bits per heavy atom. The van der Waals surface area contributed by atoms with Crippen LogP contribution in [0.3, 0.4) is 0 Å². The van der Waals surface area contributed by atoms with E-state index in [-0.39, 0.29) is 29.9 Å². The third kappa shape index (κ3) is 7.77. The number of nitrogens with zero attached hydrogens (tertiary/aromatic N) is 3. The van der Waals surface area contributed by atoms with E-state index in [0.717, 1.165) is 58.1 Å². The highest BCUT2D eigenvalue weighted by atomic mass is 127. The second-order valence-electron chi connectivity index (χ2n) is 8.11. The van der Waals surface area contributed by atoms with Crippen molar-refractivity contribution in [2.45, 2.75) is 45.6 Å². The average Bonchev–Trinajstić information content (AvgIpc) is 3.49. The maximum absolute atomic E-state index is 12.0. The molecule has 7 heteroatoms. The van der Waals surface area contributed by atoms with Gasteiger partial charge in [0.2, 0.25) is 5.91 Å². The van der Waals surface area contributed by atoms with E-state index >= 15 is 0 Å². The van der Waals surface area contributed by atoms with Crippen molar-refractivity contribution in [1.82, 2.24) is 20.4 Å². The number of carbonyl (C=O) groups is 1. The fourth-order valence-electron chi connectivity index (χ4n) is 3.55. The largest absolute Gasteiger partial charge is 0.357 e. The van der Waals surface area contributed by atoms with Gasteiger partial charge in [-0.1, -0.05) is 36.8 Å². The molecule has 3 rings (SSSR count). The highest BCUT2D eigenvalue weighted by Crippen LogP contribution is 2.18. The van der Waals surface area contributed by atoms with Crippen LogP contribution in [0.4, 0.5) is 0 Å². The van der Waals surface area contributed by atoms with Crippen LogP contribution < -0.4 is 10.6 Å². The number of aliphatic imine (C=N–C) groups is 1. The molecule has 0 radical (unpaired) electrons. The number of amides is 1. The van der Waals surface area contributed by atoms with Crippen LogP contribution in [0.25, 0.3) is 0 Å². The van der Waals surface area contributed by atoms with Crippen LogP contribution in [-0.4, -0.2) is 73.5 Å². The van der Waals surface area contributed by atoms with Gasteiger partial charge in [-0.2, -0.15) is 0 Å². The van der Waals surface area contributed by atoms with Crippen LogP contribution in [0, 0.1) is 6.92 Å². The number of benzene rings is 1. The third-order valence-electron chi connectivity index (χ3n) is 5.44. The number of carbonyl (C=O) groups excluding carboxylic acids is 1. The van der Waals surface area contributed by atoms with Gasteiger partial charge in [0, 0.05) is 51.2 Å². The molecule has 2 N–H and O–H groups in total. The Hall–Kier alpha value is -1.35. The first-order chi connectivity index (χ1) is 13.5. The lowest BCUT2D eigenvalue weighted by Gasteiger charge is -2.36. The molecule has 1 aliphatic heterocycles. The van der Waals surface area contributed by atoms with Gasteiger partial charge in [0.25, 0.3) is 0 Å². The molecule has 1 aliphatic carbocycles. The van der Waals surface area contributed by atoms with Gasteiger partial charge < -0.3 is 15.5 Å². The first-order valence-electron chi connectivity index (χ1n) is 10.7. The summed E-state index contributed by atoms with van der Waals surface area (Å²) in [5, 5.41) is 6.52. The predicted octanol–water partition coefficient (Wildman–Crippen LogP) is 2.58. The van der Waals surface area contributed by atoms with Gasteiger partial charge in [0.05, 0.1) is 6.54 Å². The smallest absolute Gasteiger partial charge is 0.234 e. The first kappa shape index (κ1) is 23.9. The molecule has 1 amide bonds. The molecule has 162 valence electrons. The first-order valence-corrected chi connectivity index (χ1v) is 10.7. The van der Waals surface area contributed by atoms with E-state index in [0.29, 0.717) is 18.5 Å². The van der Waals surface area contributed by atoms with Gasteiger partial charge in [0.15, 0.2) is 5.96 Å². The van der Waals surface area contributed by atoms with E-state index < -0.39 is 0 Å². The standard InChI is InChI=1S/C22H35N5O.HI/c1-4-23-22(24-15-18(3)19-7-5-6-17(2)14-19)27-12-10-26(11-13-27)16-21(28)25-20-8-9-20;/h5-7,14,18,20H,4,8-13,15-16H2,1-3H3,(H,23,24)(H,25,28);1H. The summed E-state index contributed by atoms with van der Waals surface area (Å²) < 4.78 is 0. The minimum absolute atomic E-state index is 0. The molecule has 2 aliphatic rings.